The minimum atomic E-state index is -0.568. The molecule has 1 aromatic rings. The lowest BCUT2D eigenvalue weighted by Gasteiger charge is -2.18. The van der Waals surface area contributed by atoms with Gasteiger partial charge in [0.15, 0.2) is 0 Å². The molecule has 106 valence electrons. The normalized spacial score (nSPS) is 20.3. The van der Waals surface area contributed by atoms with E-state index in [1.54, 1.807) is 19.1 Å². The van der Waals surface area contributed by atoms with Gasteiger partial charge in [-0.1, -0.05) is 12.1 Å². The van der Waals surface area contributed by atoms with Crippen molar-refractivity contribution >= 4 is 17.5 Å². The predicted molar refractivity (Wildman–Crippen MR) is 70.8 cm³/mol. The monoisotopic (exact) mass is 277 g/mol. The molecule has 1 aromatic carbocycles. The van der Waals surface area contributed by atoms with Gasteiger partial charge in [0.2, 0.25) is 11.8 Å². The van der Waals surface area contributed by atoms with Crippen molar-refractivity contribution in [1.82, 2.24) is 10.2 Å². The summed E-state index contributed by atoms with van der Waals surface area (Å²) in [7, 11) is 1.45. The smallest absolute Gasteiger partial charge is 0.269 e. The zero-order valence-corrected chi connectivity index (χ0v) is 11.2. The lowest BCUT2D eigenvalue weighted by molar-refractivity contribution is -0.384. The summed E-state index contributed by atoms with van der Waals surface area (Å²) >= 11 is 0. The third-order valence-electron chi connectivity index (χ3n) is 3.41. The maximum atomic E-state index is 11.8. The van der Waals surface area contributed by atoms with Crippen LogP contribution in [0.5, 0.6) is 0 Å². The molecular formula is C13H15N3O4. The fourth-order valence-corrected chi connectivity index (χ4v) is 2.19. The standard InChI is InChI=1S/C13H15N3O4/c1-8(9-4-3-5-10(6-9)16(19)20)14-11-7-12(17)15(2)13(11)18/h3-6,8,11,14H,7H2,1-2H3. The van der Waals surface area contributed by atoms with Gasteiger partial charge in [0, 0.05) is 25.2 Å². The molecule has 0 radical (unpaired) electrons. The van der Waals surface area contributed by atoms with Gasteiger partial charge in [0.1, 0.15) is 0 Å². The van der Waals surface area contributed by atoms with Crippen molar-refractivity contribution in [1.29, 1.82) is 0 Å². The van der Waals surface area contributed by atoms with Gasteiger partial charge in [-0.2, -0.15) is 0 Å². The fourth-order valence-electron chi connectivity index (χ4n) is 2.19. The Kier molecular flexibility index (Phi) is 3.80. The van der Waals surface area contributed by atoms with Gasteiger partial charge in [-0.05, 0) is 12.5 Å². The Morgan fingerprint density at radius 2 is 2.15 bits per heavy atom. The van der Waals surface area contributed by atoms with E-state index in [0.29, 0.717) is 5.56 Å². The van der Waals surface area contributed by atoms with Crippen molar-refractivity contribution in [3.8, 4) is 0 Å². The summed E-state index contributed by atoms with van der Waals surface area (Å²) in [6, 6.07) is 5.39. The van der Waals surface area contributed by atoms with E-state index >= 15 is 0 Å². The largest absolute Gasteiger partial charge is 0.299 e. The molecule has 2 unspecified atom stereocenters. The first-order chi connectivity index (χ1) is 9.40. The molecule has 1 saturated heterocycles. The molecule has 0 spiro atoms. The molecule has 0 bridgehead atoms. The number of rotatable bonds is 4. The second kappa shape index (κ2) is 5.38. The number of hydrogen-bond donors (Lipinski definition) is 1. The van der Waals surface area contributed by atoms with E-state index in [0.717, 1.165) is 4.90 Å². The molecule has 2 rings (SSSR count). The van der Waals surface area contributed by atoms with Crippen molar-refractivity contribution in [2.75, 3.05) is 7.05 Å². The number of amides is 2. The number of nitro benzene ring substituents is 1. The molecule has 2 atom stereocenters. The number of carbonyl (C=O) groups is 2. The second-order valence-electron chi connectivity index (χ2n) is 4.79. The van der Waals surface area contributed by atoms with E-state index in [2.05, 4.69) is 5.32 Å². The maximum absolute atomic E-state index is 11.8. The molecule has 2 amide bonds. The number of benzene rings is 1. The van der Waals surface area contributed by atoms with Gasteiger partial charge in [-0.3, -0.25) is 29.9 Å². The highest BCUT2D eigenvalue weighted by Gasteiger charge is 2.36. The number of carbonyl (C=O) groups excluding carboxylic acids is 2. The average Bonchev–Trinajstić information content (AvgIpc) is 2.66. The van der Waals surface area contributed by atoms with Crippen LogP contribution in [-0.2, 0) is 9.59 Å². The van der Waals surface area contributed by atoms with Crippen LogP contribution < -0.4 is 5.32 Å². The first-order valence-corrected chi connectivity index (χ1v) is 6.21. The third kappa shape index (κ3) is 2.67. The first-order valence-electron chi connectivity index (χ1n) is 6.21. The van der Waals surface area contributed by atoms with E-state index in [-0.39, 0.29) is 30.0 Å². The summed E-state index contributed by atoms with van der Waals surface area (Å²) in [4.78, 5) is 34.6. The molecule has 1 N–H and O–H groups in total. The average molecular weight is 277 g/mol. The molecule has 0 saturated carbocycles. The van der Waals surface area contributed by atoms with Crippen LogP contribution in [0.4, 0.5) is 5.69 Å². The van der Waals surface area contributed by atoms with Gasteiger partial charge in [-0.15, -0.1) is 0 Å². The SMILES string of the molecule is CC(NC1CC(=O)N(C)C1=O)c1cccc([N+](=O)[O-])c1. The summed E-state index contributed by atoms with van der Waals surface area (Å²) in [5.41, 5.74) is 0.705. The third-order valence-corrected chi connectivity index (χ3v) is 3.41. The van der Waals surface area contributed by atoms with Crippen molar-refractivity contribution in [3.05, 3.63) is 39.9 Å². The summed E-state index contributed by atoms with van der Waals surface area (Å²) in [6.45, 7) is 1.80. The number of non-ortho nitro benzene ring substituents is 1. The number of imide groups is 1. The van der Waals surface area contributed by atoms with Crippen LogP contribution in [0.3, 0.4) is 0 Å². The molecule has 7 nitrogen and oxygen atoms in total. The highest BCUT2D eigenvalue weighted by molar-refractivity contribution is 6.05. The molecule has 0 aliphatic carbocycles. The number of nitrogens with zero attached hydrogens (tertiary/aromatic N) is 2. The highest BCUT2D eigenvalue weighted by atomic mass is 16.6. The van der Waals surface area contributed by atoms with Crippen LogP contribution in [0.2, 0.25) is 0 Å². The first kappa shape index (κ1) is 14.1. The zero-order valence-electron chi connectivity index (χ0n) is 11.2. The number of nitrogens with one attached hydrogen (secondary N) is 1. The lowest BCUT2D eigenvalue weighted by Crippen LogP contribution is -2.38. The summed E-state index contributed by atoms with van der Waals surface area (Å²) in [5.74, 6) is -0.494. The van der Waals surface area contributed by atoms with Gasteiger partial charge >= 0.3 is 0 Å². The fraction of sp³-hybridized carbons (Fsp3) is 0.385. The number of likely N-dealkylation sites (tertiary alicyclic amines) is 1. The van der Waals surface area contributed by atoms with E-state index in [1.165, 1.54) is 19.2 Å². The number of nitro groups is 1. The van der Waals surface area contributed by atoms with Gasteiger partial charge in [-0.25, -0.2) is 0 Å². The lowest BCUT2D eigenvalue weighted by atomic mass is 10.1. The van der Waals surface area contributed by atoms with E-state index in [1.807, 2.05) is 0 Å². The van der Waals surface area contributed by atoms with E-state index in [9.17, 15) is 19.7 Å². The van der Waals surface area contributed by atoms with Crippen molar-refractivity contribution in [2.45, 2.75) is 25.4 Å². The van der Waals surface area contributed by atoms with E-state index in [4.69, 9.17) is 0 Å². The maximum Gasteiger partial charge on any atom is 0.269 e. The van der Waals surface area contributed by atoms with Crippen molar-refractivity contribution in [2.24, 2.45) is 0 Å². The zero-order chi connectivity index (χ0) is 14.9. The van der Waals surface area contributed by atoms with Crippen LogP contribution >= 0.6 is 0 Å². The Morgan fingerprint density at radius 1 is 1.45 bits per heavy atom. The second-order valence-corrected chi connectivity index (χ2v) is 4.79. The summed E-state index contributed by atoms with van der Waals surface area (Å²) in [5, 5.41) is 13.8. The molecule has 20 heavy (non-hydrogen) atoms. The van der Waals surface area contributed by atoms with Crippen molar-refractivity contribution in [3.63, 3.8) is 0 Å². The van der Waals surface area contributed by atoms with E-state index < -0.39 is 11.0 Å². The highest BCUT2D eigenvalue weighted by Crippen LogP contribution is 2.21. The minimum absolute atomic E-state index is 0.00194. The Bertz CT molecular complexity index is 572. The van der Waals surface area contributed by atoms with Gasteiger partial charge < -0.3 is 0 Å². The van der Waals surface area contributed by atoms with Crippen LogP contribution in [0.1, 0.15) is 24.9 Å². The summed E-state index contributed by atoms with van der Waals surface area (Å²) < 4.78 is 0. The number of likely N-dealkylation sites (N-methyl/N-ethyl adjacent to an activating group) is 1. The summed E-state index contributed by atoms with van der Waals surface area (Å²) in [6.07, 6.45) is 0.120. The molecule has 7 heteroatoms. The Balaban J connectivity index is 2.11. The molecule has 1 fully saturated rings. The molecule has 1 aliphatic rings. The molecule has 0 aromatic heterocycles. The van der Waals surface area contributed by atoms with Crippen LogP contribution in [0.15, 0.2) is 24.3 Å². The van der Waals surface area contributed by atoms with Crippen LogP contribution in [0.25, 0.3) is 0 Å². The number of hydrogen-bond acceptors (Lipinski definition) is 5. The Labute approximate surface area is 115 Å². The quantitative estimate of drug-likeness (QED) is 0.503. The molecule has 1 aliphatic heterocycles. The topological polar surface area (TPSA) is 92.6 Å². The Hall–Kier alpha value is -2.28. The van der Waals surface area contributed by atoms with Gasteiger partial charge in [0.05, 0.1) is 17.4 Å². The predicted octanol–water partition coefficient (Wildman–Crippen LogP) is 1.00. The van der Waals surface area contributed by atoms with Crippen molar-refractivity contribution < 1.29 is 14.5 Å². The van der Waals surface area contributed by atoms with Crippen LogP contribution in [-0.4, -0.2) is 34.7 Å². The Morgan fingerprint density at radius 3 is 2.70 bits per heavy atom. The van der Waals surface area contributed by atoms with Crippen LogP contribution in [0, 0.1) is 10.1 Å². The van der Waals surface area contributed by atoms with Gasteiger partial charge in [0.25, 0.3) is 5.69 Å². The molecular weight excluding hydrogens is 262 g/mol. The molecule has 1 heterocycles. The minimum Gasteiger partial charge on any atom is -0.299 e.